The van der Waals surface area contributed by atoms with Crippen molar-refractivity contribution in [3.8, 4) is 28.1 Å². The van der Waals surface area contributed by atoms with Crippen LogP contribution in [-0.4, -0.2) is 4.57 Å². The van der Waals surface area contributed by atoms with Crippen molar-refractivity contribution in [2.24, 2.45) is 0 Å². The molecule has 2 nitrogen and oxygen atoms in total. The van der Waals surface area contributed by atoms with Crippen LogP contribution < -0.4 is 21.5 Å². The van der Waals surface area contributed by atoms with Gasteiger partial charge in [-0.3, -0.25) is 0 Å². The lowest BCUT2D eigenvalue weighted by atomic mass is 10.0. The van der Waals surface area contributed by atoms with Crippen LogP contribution in [0.15, 0.2) is 85.1 Å². The maximum atomic E-state index is 2.55. The normalized spacial score (nSPS) is 13.2. The summed E-state index contributed by atoms with van der Waals surface area (Å²) in [5.74, 6) is 1.42. The van der Waals surface area contributed by atoms with E-state index in [0.717, 1.165) is 13.0 Å². The lowest BCUT2D eigenvalue weighted by Gasteiger charge is -2.05. The summed E-state index contributed by atoms with van der Waals surface area (Å²) in [7, 11) is 0. The molecule has 5 rings (SSSR count). The maximum Gasteiger partial charge on any atom is 0.262 e. The fourth-order valence-electron chi connectivity index (χ4n) is 4.39. The Kier molecular flexibility index (Phi) is 6.19. The molecule has 1 aliphatic rings. The number of aryl methyl sites for hydroxylation is 1. The van der Waals surface area contributed by atoms with E-state index in [1.54, 1.807) is 0 Å². The van der Waals surface area contributed by atoms with Crippen LogP contribution in [0.5, 0.6) is 0 Å². The molecule has 0 bridgehead atoms. The van der Waals surface area contributed by atoms with E-state index in [-0.39, 0.29) is 17.0 Å². The van der Waals surface area contributed by atoms with E-state index in [0.29, 0.717) is 0 Å². The van der Waals surface area contributed by atoms with Gasteiger partial charge >= 0.3 is 0 Å². The van der Waals surface area contributed by atoms with Crippen molar-refractivity contribution >= 4 is 0 Å². The second-order valence-electron chi connectivity index (χ2n) is 8.04. The predicted octanol–water partition coefficient (Wildman–Crippen LogP) is 3.14. The number of hydrogen-bond donors (Lipinski definition) is 0. The molecule has 0 saturated heterocycles. The molecule has 152 valence electrons. The summed E-state index contributed by atoms with van der Waals surface area (Å²) in [6.45, 7) is 3.25. The van der Waals surface area contributed by atoms with Gasteiger partial charge < -0.3 is 17.0 Å². The first kappa shape index (κ1) is 20.6. The summed E-state index contributed by atoms with van der Waals surface area (Å²) in [6, 6.07) is 28.5. The average Bonchev–Trinajstić information content (AvgIpc) is 2.96. The number of benzene rings is 3. The number of rotatable bonds is 3. The van der Waals surface area contributed by atoms with E-state index < -0.39 is 0 Å². The highest BCUT2D eigenvalue weighted by molar-refractivity contribution is 5.68. The van der Waals surface area contributed by atoms with Crippen LogP contribution in [0.4, 0.5) is 0 Å². The van der Waals surface area contributed by atoms with Gasteiger partial charge in [0.1, 0.15) is 11.9 Å². The molecule has 0 spiro atoms. The standard InChI is InChI=1S/C27H27N2.BrH/c1-21-11-17-25(18-12-21)29-20-26(28-19-7-3-6-10-27(28)29)24-15-13-23(14-16-24)22-8-4-2-5-9-22;/h2,4-5,8-9,11-18,20H,3,6-7,10,19H2,1H3;1H/q+1;/p-1. The van der Waals surface area contributed by atoms with Gasteiger partial charge in [0, 0.05) is 12.0 Å². The van der Waals surface area contributed by atoms with Crippen molar-refractivity contribution in [2.45, 2.75) is 39.2 Å². The summed E-state index contributed by atoms with van der Waals surface area (Å²) >= 11 is 0. The van der Waals surface area contributed by atoms with Crippen LogP contribution in [-0.2, 0) is 13.0 Å². The Hall–Kier alpha value is -2.65. The number of halogens is 1. The lowest BCUT2D eigenvalue weighted by Crippen LogP contribution is -3.00. The molecule has 0 amide bonds. The van der Waals surface area contributed by atoms with E-state index in [1.165, 1.54) is 58.7 Å². The highest BCUT2D eigenvalue weighted by Crippen LogP contribution is 2.26. The Morgan fingerprint density at radius 2 is 1.37 bits per heavy atom. The Morgan fingerprint density at radius 1 is 0.700 bits per heavy atom. The molecule has 3 aromatic carbocycles. The minimum absolute atomic E-state index is 0. The van der Waals surface area contributed by atoms with Crippen LogP contribution in [0.25, 0.3) is 28.1 Å². The summed E-state index contributed by atoms with van der Waals surface area (Å²) < 4.78 is 4.95. The molecule has 0 N–H and O–H groups in total. The summed E-state index contributed by atoms with van der Waals surface area (Å²) in [4.78, 5) is 0. The van der Waals surface area contributed by atoms with E-state index in [9.17, 15) is 0 Å². The fourth-order valence-corrected chi connectivity index (χ4v) is 4.39. The number of nitrogens with zero attached hydrogens (tertiary/aromatic N) is 2. The van der Waals surface area contributed by atoms with Crippen LogP contribution in [0, 0.1) is 6.92 Å². The molecule has 1 aliphatic heterocycles. The molecular formula is C27H27BrN2. The molecular weight excluding hydrogens is 432 g/mol. The Labute approximate surface area is 189 Å². The molecule has 0 radical (unpaired) electrons. The zero-order valence-corrected chi connectivity index (χ0v) is 19.0. The lowest BCUT2D eigenvalue weighted by molar-refractivity contribution is -0.692. The first-order chi connectivity index (χ1) is 14.3. The quantitative estimate of drug-likeness (QED) is 0.417. The molecule has 0 unspecified atom stereocenters. The third-order valence-corrected chi connectivity index (χ3v) is 6.01. The van der Waals surface area contributed by atoms with Gasteiger partial charge in [-0.1, -0.05) is 60.2 Å². The fraction of sp³-hybridized carbons (Fsp3) is 0.222. The zero-order valence-electron chi connectivity index (χ0n) is 17.4. The molecule has 0 fully saturated rings. The van der Waals surface area contributed by atoms with Crippen molar-refractivity contribution in [3.05, 3.63) is 96.4 Å². The summed E-state index contributed by atoms with van der Waals surface area (Å²) in [5.41, 5.74) is 7.71. The Balaban J connectivity index is 0.00000218. The summed E-state index contributed by atoms with van der Waals surface area (Å²) in [6.07, 6.45) is 7.30. The van der Waals surface area contributed by atoms with Gasteiger partial charge in [0.05, 0.1) is 6.54 Å². The molecule has 30 heavy (non-hydrogen) atoms. The van der Waals surface area contributed by atoms with Crippen molar-refractivity contribution in [3.63, 3.8) is 0 Å². The number of imidazole rings is 1. The number of fused-ring (bicyclic) bond motifs is 1. The second-order valence-corrected chi connectivity index (χ2v) is 8.04. The number of aromatic nitrogens is 2. The van der Waals surface area contributed by atoms with Gasteiger partial charge in [-0.25, -0.2) is 4.57 Å². The van der Waals surface area contributed by atoms with Gasteiger partial charge in [0.2, 0.25) is 0 Å². The molecule has 1 aromatic heterocycles. The van der Waals surface area contributed by atoms with E-state index in [2.05, 4.69) is 101 Å². The van der Waals surface area contributed by atoms with E-state index in [4.69, 9.17) is 0 Å². The van der Waals surface area contributed by atoms with Gasteiger partial charge in [0.25, 0.3) is 5.82 Å². The third kappa shape index (κ3) is 3.99. The van der Waals surface area contributed by atoms with Crippen LogP contribution in [0.2, 0.25) is 0 Å². The van der Waals surface area contributed by atoms with E-state index >= 15 is 0 Å². The zero-order chi connectivity index (χ0) is 19.6. The number of hydrogen-bond acceptors (Lipinski definition) is 0. The van der Waals surface area contributed by atoms with E-state index in [1.807, 2.05) is 0 Å². The van der Waals surface area contributed by atoms with Crippen molar-refractivity contribution in [2.75, 3.05) is 0 Å². The van der Waals surface area contributed by atoms with Crippen LogP contribution >= 0.6 is 0 Å². The largest absolute Gasteiger partial charge is 1.00 e. The van der Waals surface area contributed by atoms with Gasteiger partial charge in [-0.15, -0.1) is 0 Å². The Morgan fingerprint density at radius 3 is 2.10 bits per heavy atom. The van der Waals surface area contributed by atoms with Crippen molar-refractivity contribution < 1.29 is 21.5 Å². The Bertz CT molecular complexity index is 1110. The molecule has 3 heteroatoms. The molecule has 0 saturated carbocycles. The SMILES string of the molecule is Cc1ccc(-n2cc(-c3ccc(-c4ccccc4)cc3)[n+]3c2CCCCC3)cc1.[Br-]. The smallest absolute Gasteiger partial charge is 0.262 e. The van der Waals surface area contributed by atoms with Gasteiger partial charge in [0.15, 0.2) is 5.69 Å². The molecule has 4 aromatic rings. The molecule has 2 heterocycles. The van der Waals surface area contributed by atoms with Crippen molar-refractivity contribution in [1.29, 1.82) is 0 Å². The maximum absolute atomic E-state index is 2.55. The van der Waals surface area contributed by atoms with Crippen LogP contribution in [0.1, 0.15) is 30.7 Å². The topological polar surface area (TPSA) is 8.81 Å². The second kappa shape index (κ2) is 9.01. The van der Waals surface area contributed by atoms with Gasteiger partial charge in [-0.2, -0.15) is 4.57 Å². The minimum atomic E-state index is 0. The average molecular weight is 459 g/mol. The minimum Gasteiger partial charge on any atom is -1.00 e. The predicted molar refractivity (Wildman–Crippen MR) is 119 cm³/mol. The van der Waals surface area contributed by atoms with Crippen LogP contribution in [0.3, 0.4) is 0 Å². The monoisotopic (exact) mass is 458 g/mol. The summed E-state index contributed by atoms with van der Waals surface area (Å²) in [5, 5.41) is 0. The first-order valence-electron chi connectivity index (χ1n) is 10.7. The molecule has 0 atom stereocenters. The highest BCUT2D eigenvalue weighted by atomic mass is 79.9. The highest BCUT2D eigenvalue weighted by Gasteiger charge is 2.26. The molecule has 0 aliphatic carbocycles. The van der Waals surface area contributed by atoms with Gasteiger partial charge in [-0.05, 0) is 61.6 Å². The third-order valence-electron chi connectivity index (χ3n) is 6.01. The van der Waals surface area contributed by atoms with Crippen molar-refractivity contribution in [1.82, 2.24) is 4.57 Å². The first-order valence-corrected chi connectivity index (χ1v) is 10.7.